The Morgan fingerprint density at radius 3 is 2.75 bits per heavy atom. The molecule has 3 aliphatic rings. The Hall–Kier alpha value is -1.84. The number of ether oxygens (including phenoxy) is 2. The predicted octanol–water partition coefficient (Wildman–Crippen LogP) is 0.825. The number of amides is 2. The summed E-state index contributed by atoms with van der Waals surface area (Å²) in [6.07, 6.45) is 0.976. The SMILES string of the molecule is CCN1C[C@@]23CN(C(=O)NCCc4ccc(OC)cc4)C[C@@H](C[C@@H]2S1(=O)=O)O3. The molecule has 0 radical (unpaired) electrons. The van der Waals surface area contributed by atoms with E-state index in [4.69, 9.17) is 9.47 Å². The minimum absolute atomic E-state index is 0.158. The highest BCUT2D eigenvalue weighted by Crippen LogP contribution is 2.46. The van der Waals surface area contributed by atoms with Crippen molar-refractivity contribution in [3.8, 4) is 5.75 Å². The fourth-order valence-electron chi connectivity index (χ4n) is 4.61. The van der Waals surface area contributed by atoms with E-state index in [9.17, 15) is 13.2 Å². The van der Waals surface area contributed by atoms with Crippen LogP contribution in [0, 0.1) is 0 Å². The number of nitrogens with zero attached hydrogens (tertiary/aromatic N) is 2. The summed E-state index contributed by atoms with van der Waals surface area (Å²) in [6.45, 7) is 3.88. The van der Waals surface area contributed by atoms with Crippen molar-refractivity contribution >= 4 is 16.1 Å². The number of rotatable bonds is 5. The summed E-state index contributed by atoms with van der Waals surface area (Å²) in [5.41, 5.74) is 0.327. The Bertz CT molecular complexity index is 844. The van der Waals surface area contributed by atoms with Crippen molar-refractivity contribution in [3.63, 3.8) is 0 Å². The molecule has 2 bridgehead atoms. The average molecular weight is 410 g/mol. The maximum absolute atomic E-state index is 12.7. The first kappa shape index (κ1) is 19.5. The molecule has 3 atom stereocenters. The number of morpholine rings is 1. The van der Waals surface area contributed by atoms with Crippen LogP contribution in [0.2, 0.25) is 0 Å². The summed E-state index contributed by atoms with van der Waals surface area (Å²) in [7, 11) is -1.72. The van der Waals surface area contributed by atoms with E-state index in [-0.39, 0.29) is 12.1 Å². The molecule has 1 aromatic carbocycles. The Kier molecular flexibility index (Phi) is 5.01. The molecular formula is C19H27N3O5S. The van der Waals surface area contributed by atoms with Crippen molar-refractivity contribution in [3.05, 3.63) is 29.8 Å². The number of benzene rings is 1. The van der Waals surface area contributed by atoms with E-state index in [1.54, 1.807) is 12.0 Å². The number of hydrogen-bond acceptors (Lipinski definition) is 5. The highest BCUT2D eigenvalue weighted by atomic mass is 32.2. The van der Waals surface area contributed by atoms with E-state index in [1.807, 2.05) is 31.2 Å². The molecule has 28 heavy (non-hydrogen) atoms. The zero-order valence-corrected chi connectivity index (χ0v) is 17.1. The van der Waals surface area contributed by atoms with Gasteiger partial charge in [0.05, 0.1) is 19.8 Å². The molecule has 1 spiro atoms. The molecule has 154 valence electrons. The quantitative estimate of drug-likeness (QED) is 0.778. The van der Waals surface area contributed by atoms with Crippen molar-refractivity contribution in [1.82, 2.24) is 14.5 Å². The van der Waals surface area contributed by atoms with Crippen LogP contribution in [0.15, 0.2) is 24.3 Å². The van der Waals surface area contributed by atoms with Crippen LogP contribution in [0.1, 0.15) is 18.9 Å². The van der Waals surface area contributed by atoms with E-state index < -0.39 is 20.9 Å². The third kappa shape index (κ3) is 3.25. The summed E-state index contributed by atoms with van der Waals surface area (Å²) in [5, 5.41) is 2.42. The van der Waals surface area contributed by atoms with E-state index in [0.29, 0.717) is 39.1 Å². The van der Waals surface area contributed by atoms with E-state index >= 15 is 0 Å². The lowest BCUT2D eigenvalue weighted by atomic mass is 9.99. The number of carbonyl (C=O) groups is 1. The first-order chi connectivity index (χ1) is 13.4. The van der Waals surface area contributed by atoms with Crippen LogP contribution < -0.4 is 10.1 Å². The van der Waals surface area contributed by atoms with Gasteiger partial charge in [-0.05, 0) is 30.5 Å². The van der Waals surface area contributed by atoms with Gasteiger partial charge in [-0.25, -0.2) is 13.2 Å². The van der Waals surface area contributed by atoms with Crippen LogP contribution in [0.25, 0.3) is 0 Å². The van der Waals surface area contributed by atoms with Crippen LogP contribution in [-0.2, 0) is 21.2 Å². The van der Waals surface area contributed by atoms with Crippen molar-refractivity contribution in [2.75, 3.05) is 39.8 Å². The van der Waals surface area contributed by atoms with Crippen molar-refractivity contribution < 1.29 is 22.7 Å². The summed E-state index contributed by atoms with van der Waals surface area (Å²) >= 11 is 0. The maximum atomic E-state index is 12.7. The Morgan fingerprint density at radius 1 is 1.32 bits per heavy atom. The predicted molar refractivity (Wildman–Crippen MR) is 104 cm³/mol. The van der Waals surface area contributed by atoms with Gasteiger partial charge in [-0.3, -0.25) is 0 Å². The van der Waals surface area contributed by atoms with Gasteiger partial charge in [0.15, 0.2) is 0 Å². The number of nitrogens with one attached hydrogen (secondary N) is 1. The maximum Gasteiger partial charge on any atom is 0.317 e. The second-order valence-corrected chi connectivity index (χ2v) is 9.83. The summed E-state index contributed by atoms with van der Waals surface area (Å²) < 4.78 is 38.2. The number of hydrogen-bond donors (Lipinski definition) is 1. The summed E-state index contributed by atoms with van der Waals surface area (Å²) in [6, 6.07) is 7.60. The van der Waals surface area contributed by atoms with Gasteiger partial charge in [-0.15, -0.1) is 0 Å². The Balaban J connectivity index is 1.36. The van der Waals surface area contributed by atoms with Crippen molar-refractivity contribution in [1.29, 1.82) is 0 Å². The number of sulfonamides is 1. The lowest BCUT2D eigenvalue weighted by Crippen LogP contribution is -2.58. The van der Waals surface area contributed by atoms with Crippen molar-refractivity contribution in [2.45, 2.75) is 36.7 Å². The number of carbonyl (C=O) groups excluding carboxylic acids is 1. The summed E-state index contributed by atoms with van der Waals surface area (Å²) in [5.74, 6) is 0.804. The molecule has 0 aromatic heterocycles. The zero-order chi connectivity index (χ0) is 19.9. The van der Waals surface area contributed by atoms with E-state index in [2.05, 4.69) is 5.32 Å². The third-order valence-electron chi connectivity index (χ3n) is 6.00. The van der Waals surface area contributed by atoms with Gasteiger partial charge in [-0.2, -0.15) is 4.31 Å². The van der Waals surface area contributed by atoms with Crippen LogP contribution >= 0.6 is 0 Å². The largest absolute Gasteiger partial charge is 0.497 e. The molecule has 3 aliphatic heterocycles. The van der Waals surface area contributed by atoms with Gasteiger partial charge >= 0.3 is 6.03 Å². The van der Waals surface area contributed by atoms with Gasteiger partial charge in [-0.1, -0.05) is 19.1 Å². The van der Waals surface area contributed by atoms with Gasteiger partial charge in [0.1, 0.15) is 16.6 Å². The van der Waals surface area contributed by atoms with Gasteiger partial charge in [0.25, 0.3) is 0 Å². The minimum atomic E-state index is -3.35. The molecule has 1 N–H and O–H groups in total. The first-order valence-electron chi connectivity index (χ1n) is 9.70. The number of likely N-dealkylation sites (tertiary alicyclic amines) is 1. The molecule has 1 aromatic rings. The summed E-state index contributed by atoms with van der Waals surface area (Å²) in [4.78, 5) is 14.4. The lowest BCUT2D eigenvalue weighted by Gasteiger charge is -2.39. The highest BCUT2D eigenvalue weighted by molar-refractivity contribution is 7.90. The fraction of sp³-hybridized carbons (Fsp3) is 0.632. The van der Waals surface area contributed by atoms with Crippen LogP contribution in [0.3, 0.4) is 0 Å². The molecule has 3 fully saturated rings. The normalized spacial score (nSPS) is 30.9. The average Bonchev–Trinajstić information content (AvgIpc) is 3.06. The lowest BCUT2D eigenvalue weighted by molar-refractivity contribution is -0.0952. The third-order valence-corrected chi connectivity index (χ3v) is 8.45. The molecule has 3 saturated heterocycles. The molecular weight excluding hydrogens is 382 g/mol. The minimum Gasteiger partial charge on any atom is -0.497 e. The molecule has 9 heteroatoms. The van der Waals surface area contributed by atoms with Crippen LogP contribution in [-0.4, -0.2) is 80.4 Å². The monoisotopic (exact) mass is 409 g/mol. The Labute approximate surface area is 165 Å². The molecule has 0 unspecified atom stereocenters. The first-order valence-corrected chi connectivity index (χ1v) is 11.2. The van der Waals surface area contributed by atoms with Crippen LogP contribution in [0.4, 0.5) is 4.79 Å². The molecule has 0 aliphatic carbocycles. The molecule has 4 rings (SSSR count). The molecule has 2 amide bonds. The number of methoxy groups -OCH3 is 1. The van der Waals surface area contributed by atoms with Gasteiger partial charge in [0.2, 0.25) is 10.0 Å². The molecule has 3 heterocycles. The second kappa shape index (κ2) is 7.20. The highest BCUT2D eigenvalue weighted by Gasteiger charge is 2.65. The smallest absolute Gasteiger partial charge is 0.317 e. The van der Waals surface area contributed by atoms with Crippen molar-refractivity contribution in [2.24, 2.45) is 0 Å². The topological polar surface area (TPSA) is 88.2 Å². The number of fused-ring (bicyclic) bond motifs is 1. The van der Waals surface area contributed by atoms with Crippen LogP contribution in [0.5, 0.6) is 5.75 Å². The second-order valence-electron chi connectivity index (χ2n) is 7.71. The standard InChI is InChI=1S/C19H27N3O5S/c1-3-22-13-19-12-21(11-16(27-19)10-17(19)28(22,24)25)18(23)20-9-8-14-4-6-15(26-2)7-5-14/h4-7,16-17H,3,8-13H2,1-2H3,(H,20,23)/t16-,17+,19+/m1/s1. The number of urea groups is 1. The van der Waals surface area contributed by atoms with Gasteiger partial charge < -0.3 is 19.7 Å². The van der Waals surface area contributed by atoms with Gasteiger partial charge in [0, 0.05) is 26.2 Å². The fourth-order valence-corrected chi connectivity index (χ4v) is 6.93. The van der Waals surface area contributed by atoms with E-state index in [0.717, 1.165) is 17.7 Å². The molecule has 0 saturated carbocycles. The molecule has 8 nitrogen and oxygen atoms in total. The van der Waals surface area contributed by atoms with E-state index in [1.165, 1.54) is 4.31 Å². The Morgan fingerprint density at radius 2 is 2.07 bits per heavy atom. The number of likely N-dealkylation sites (N-methyl/N-ethyl adjacent to an activating group) is 1. The zero-order valence-electron chi connectivity index (χ0n) is 16.3.